The number of hydroxylamine groups is 1. The number of carbonyl (C=O) groups excluding carboxylic acids is 2. The van der Waals surface area contributed by atoms with Gasteiger partial charge in [0.25, 0.3) is 0 Å². The summed E-state index contributed by atoms with van der Waals surface area (Å²) in [6.45, 7) is 13.1. The van der Waals surface area contributed by atoms with Gasteiger partial charge in [-0.15, -0.1) is 0 Å². The highest BCUT2D eigenvalue weighted by Crippen LogP contribution is 1.81. The van der Waals surface area contributed by atoms with Crippen molar-refractivity contribution < 1.29 is 43.4 Å². The molecule has 2 amide bonds. The molecular formula is C14H26N2O9Si. The first kappa shape index (κ1) is 28.0. The number of ether oxygens (including phenoxy) is 2. The van der Waals surface area contributed by atoms with Crippen molar-refractivity contribution in [2.24, 2.45) is 0 Å². The summed E-state index contributed by atoms with van der Waals surface area (Å²) in [5.41, 5.74) is 2.36. The van der Waals surface area contributed by atoms with E-state index in [-0.39, 0.29) is 17.8 Å². The largest absolute Gasteiger partial charge is 0.478 e. The van der Waals surface area contributed by atoms with E-state index in [0.29, 0.717) is 6.61 Å². The summed E-state index contributed by atoms with van der Waals surface area (Å²) in [5.74, 6) is -1.87. The maximum Gasteiger partial charge on any atom is 0.430 e. The van der Waals surface area contributed by atoms with Crippen LogP contribution in [0.3, 0.4) is 0 Å². The van der Waals surface area contributed by atoms with Crippen LogP contribution in [-0.2, 0) is 23.6 Å². The van der Waals surface area contributed by atoms with Crippen LogP contribution >= 0.6 is 0 Å². The highest BCUT2D eigenvalue weighted by molar-refractivity contribution is 6.28. The summed E-state index contributed by atoms with van der Waals surface area (Å²) in [6.07, 6.45) is -1.23. The molecule has 0 aromatic carbocycles. The van der Waals surface area contributed by atoms with Gasteiger partial charge in [-0.3, -0.25) is 4.53 Å². The maximum atomic E-state index is 10.7. The number of hydrogen-bond acceptors (Lipinski definition) is 7. The van der Waals surface area contributed by atoms with Crippen molar-refractivity contribution in [1.29, 1.82) is 0 Å². The molecule has 0 saturated carbocycles. The molecule has 0 rings (SSSR count). The Bertz CT molecular complexity index is 427. The molecule has 0 aromatic rings. The molecule has 0 atom stereocenters. The lowest BCUT2D eigenvalue weighted by atomic mass is 10.4. The Labute approximate surface area is 154 Å². The predicted molar refractivity (Wildman–Crippen MR) is 94.8 cm³/mol. The molecule has 0 saturated heterocycles. The topological polar surface area (TPSA) is 160 Å². The zero-order chi connectivity index (χ0) is 21.1. The summed E-state index contributed by atoms with van der Waals surface area (Å²) in [5, 5.41) is 15.8. The SMILES string of the molecule is C=C(C)C(=O)O.C=C(C)C(=O)O.CCOC(=O)NO[SiH2]NC(=O)OCC. The first-order chi connectivity index (χ1) is 12.0. The van der Waals surface area contributed by atoms with E-state index in [1.54, 1.807) is 13.8 Å². The molecule has 0 aliphatic rings. The van der Waals surface area contributed by atoms with Crippen molar-refractivity contribution >= 4 is 34.0 Å². The van der Waals surface area contributed by atoms with E-state index in [4.69, 9.17) is 10.2 Å². The number of rotatable bonds is 7. The summed E-state index contributed by atoms with van der Waals surface area (Å²) >= 11 is 0. The van der Waals surface area contributed by atoms with E-state index in [0.717, 1.165) is 0 Å². The van der Waals surface area contributed by atoms with Crippen molar-refractivity contribution in [1.82, 2.24) is 10.5 Å². The molecule has 26 heavy (non-hydrogen) atoms. The minimum atomic E-state index is -1.35. The van der Waals surface area contributed by atoms with Gasteiger partial charge in [-0.25, -0.2) is 24.7 Å². The fourth-order valence-corrected chi connectivity index (χ4v) is 1.01. The summed E-state index contributed by atoms with van der Waals surface area (Å²) in [4.78, 5) is 42.9. The average molecular weight is 394 g/mol. The van der Waals surface area contributed by atoms with Crippen molar-refractivity contribution in [3.05, 3.63) is 24.3 Å². The first-order valence-electron chi connectivity index (χ1n) is 7.22. The van der Waals surface area contributed by atoms with Gasteiger partial charge in [-0.2, -0.15) is 0 Å². The molecule has 0 spiro atoms. The highest BCUT2D eigenvalue weighted by atomic mass is 28.2. The number of amides is 2. The zero-order valence-corrected chi connectivity index (χ0v) is 16.7. The Morgan fingerprint density at radius 3 is 1.54 bits per heavy atom. The van der Waals surface area contributed by atoms with Crippen molar-refractivity contribution in [2.45, 2.75) is 27.7 Å². The van der Waals surface area contributed by atoms with Gasteiger partial charge >= 0.3 is 34.0 Å². The number of aliphatic carboxylic acids is 2. The molecular weight excluding hydrogens is 368 g/mol. The molecule has 0 unspecified atom stereocenters. The van der Waals surface area contributed by atoms with Crippen LogP contribution in [0.5, 0.6) is 0 Å². The van der Waals surface area contributed by atoms with Crippen LogP contribution in [0.1, 0.15) is 27.7 Å². The fraction of sp³-hybridized carbons (Fsp3) is 0.429. The van der Waals surface area contributed by atoms with Crippen molar-refractivity contribution in [3.8, 4) is 0 Å². The third-order valence-electron chi connectivity index (χ3n) is 1.73. The zero-order valence-electron chi connectivity index (χ0n) is 15.3. The number of carboxylic acid groups (broad SMARTS) is 2. The summed E-state index contributed by atoms with van der Waals surface area (Å²) < 4.78 is 13.7. The monoisotopic (exact) mass is 394 g/mol. The maximum absolute atomic E-state index is 10.7. The van der Waals surface area contributed by atoms with Gasteiger partial charge in [-0.1, -0.05) is 13.2 Å². The number of carbonyl (C=O) groups is 4. The third kappa shape index (κ3) is 26.1. The molecule has 0 heterocycles. The molecule has 150 valence electrons. The summed E-state index contributed by atoms with van der Waals surface area (Å²) in [7, 11) is -1.35. The van der Waals surface area contributed by atoms with Gasteiger partial charge in [0.1, 0.15) is 0 Å². The van der Waals surface area contributed by atoms with E-state index in [2.05, 4.69) is 32.1 Å². The Balaban J connectivity index is -0.000000364. The fourth-order valence-electron chi connectivity index (χ4n) is 0.533. The van der Waals surface area contributed by atoms with Crippen LogP contribution in [0.15, 0.2) is 24.3 Å². The minimum Gasteiger partial charge on any atom is -0.478 e. The number of carboxylic acids is 2. The van der Waals surface area contributed by atoms with Crippen LogP contribution in [0.4, 0.5) is 9.59 Å². The van der Waals surface area contributed by atoms with Gasteiger partial charge in [-0.05, 0) is 27.7 Å². The molecule has 11 nitrogen and oxygen atoms in total. The molecule has 0 aliphatic carbocycles. The van der Waals surface area contributed by atoms with E-state index in [1.807, 2.05) is 5.48 Å². The molecule has 0 aromatic heterocycles. The normalized spacial score (nSPS) is 8.77. The van der Waals surface area contributed by atoms with Gasteiger partial charge in [0, 0.05) is 11.1 Å². The van der Waals surface area contributed by atoms with Gasteiger partial charge in [0.05, 0.1) is 13.2 Å². The lowest BCUT2D eigenvalue weighted by Crippen LogP contribution is -2.36. The van der Waals surface area contributed by atoms with Gasteiger partial charge in [0.15, 0.2) is 0 Å². The lowest BCUT2D eigenvalue weighted by molar-refractivity contribution is -0.133. The van der Waals surface area contributed by atoms with E-state index >= 15 is 0 Å². The highest BCUT2D eigenvalue weighted by Gasteiger charge is 2.02. The molecule has 0 fully saturated rings. The van der Waals surface area contributed by atoms with E-state index in [1.165, 1.54) is 13.8 Å². The Kier molecular flexibility index (Phi) is 19.9. The van der Waals surface area contributed by atoms with Crippen LogP contribution in [0, 0.1) is 0 Å². The van der Waals surface area contributed by atoms with E-state index < -0.39 is 34.0 Å². The van der Waals surface area contributed by atoms with Crippen LogP contribution in [-0.4, -0.2) is 57.5 Å². The Hall–Kier alpha value is -2.86. The minimum absolute atomic E-state index is 0.176. The Morgan fingerprint density at radius 1 is 0.885 bits per heavy atom. The lowest BCUT2D eigenvalue weighted by Gasteiger charge is -2.06. The third-order valence-corrected chi connectivity index (χ3v) is 2.45. The molecule has 0 bridgehead atoms. The molecule has 12 heteroatoms. The second-order valence-corrected chi connectivity index (χ2v) is 5.11. The molecule has 0 radical (unpaired) electrons. The van der Waals surface area contributed by atoms with Crippen molar-refractivity contribution in [3.63, 3.8) is 0 Å². The Morgan fingerprint density at radius 2 is 1.23 bits per heavy atom. The van der Waals surface area contributed by atoms with Gasteiger partial charge in [0.2, 0.25) is 0 Å². The second kappa shape index (κ2) is 18.5. The quantitative estimate of drug-likeness (QED) is 0.211. The first-order valence-corrected chi connectivity index (χ1v) is 8.50. The number of hydrogen-bond donors (Lipinski definition) is 4. The second-order valence-electron chi connectivity index (χ2n) is 4.18. The standard InChI is InChI=1S/C6H14N2O5Si.2C4H6O2/c1-3-11-5(9)7-13-14-8-6(10)12-4-2;2*1-3(2)4(5)6/h3-4,14H2,1-2H3,(H,7,9)(H,8,10);2*1H2,2H3,(H,5,6). The summed E-state index contributed by atoms with van der Waals surface area (Å²) in [6, 6.07) is 0. The van der Waals surface area contributed by atoms with Crippen LogP contribution in [0.2, 0.25) is 0 Å². The van der Waals surface area contributed by atoms with Crippen molar-refractivity contribution in [2.75, 3.05) is 13.2 Å². The number of nitrogens with one attached hydrogen (secondary N) is 2. The van der Waals surface area contributed by atoms with E-state index in [9.17, 15) is 19.2 Å². The molecule has 0 aliphatic heterocycles. The van der Waals surface area contributed by atoms with Crippen LogP contribution < -0.4 is 10.5 Å². The molecule has 4 N–H and O–H groups in total. The average Bonchev–Trinajstić information content (AvgIpc) is 2.53. The van der Waals surface area contributed by atoms with Crippen LogP contribution in [0.25, 0.3) is 0 Å². The smallest absolute Gasteiger partial charge is 0.430 e. The predicted octanol–water partition coefficient (Wildman–Crippen LogP) is 0.703. The van der Waals surface area contributed by atoms with Gasteiger partial charge < -0.3 is 24.7 Å².